The first kappa shape index (κ1) is 20.9. The zero-order valence-electron chi connectivity index (χ0n) is 16.7. The fourth-order valence-corrected chi connectivity index (χ4v) is 3.37. The molecule has 3 heteroatoms. The number of carbonyl (C=O) groups excluding carboxylic acids is 2. The normalized spacial score (nSPS) is 10.6. The Hall–Kier alpha value is -2.42. The van der Waals surface area contributed by atoms with Gasteiger partial charge < -0.3 is 4.74 Å². The molecule has 0 aliphatic heterocycles. The lowest BCUT2D eigenvalue weighted by Gasteiger charge is -2.14. The van der Waals surface area contributed by atoms with Crippen molar-refractivity contribution in [2.45, 2.75) is 59.3 Å². The molecule has 2 aromatic rings. The van der Waals surface area contributed by atoms with Gasteiger partial charge in [-0.25, -0.2) is 4.79 Å². The van der Waals surface area contributed by atoms with Crippen molar-refractivity contribution in [1.82, 2.24) is 0 Å². The van der Waals surface area contributed by atoms with E-state index in [1.807, 2.05) is 12.1 Å². The molecule has 0 aromatic heterocycles. The van der Waals surface area contributed by atoms with Crippen LogP contribution in [0.5, 0.6) is 0 Å². The summed E-state index contributed by atoms with van der Waals surface area (Å²) in [5.41, 5.74) is 3.69. The van der Waals surface area contributed by atoms with Gasteiger partial charge in [-0.1, -0.05) is 76.4 Å². The summed E-state index contributed by atoms with van der Waals surface area (Å²) in [6, 6.07) is 12.8. The third-order valence-corrected chi connectivity index (χ3v) is 4.87. The third kappa shape index (κ3) is 5.29. The number of rotatable bonds is 10. The standard InChI is InChI=1S/C24H30O3/c1-4-7-8-11-17-27-24(26)22-15-10-9-14-21(22)23(25)20-16-12-13-18(5-2)19(20)6-3/h9-10,12-16H,4-8,11,17H2,1-3H3. The molecule has 2 rings (SSSR count). The van der Waals surface area contributed by atoms with E-state index in [4.69, 9.17) is 4.74 Å². The van der Waals surface area contributed by atoms with E-state index < -0.39 is 5.97 Å². The molecule has 27 heavy (non-hydrogen) atoms. The van der Waals surface area contributed by atoms with Crippen molar-refractivity contribution in [3.05, 3.63) is 70.3 Å². The topological polar surface area (TPSA) is 43.4 Å². The Balaban J connectivity index is 2.25. The van der Waals surface area contributed by atoms with Crippen LogP contribution < -0.4 is 0 Å². The lowest BCUT2D eigenvalue weighted by molar-refractivity contribution is 0.0495. The highest BCUT2D eigenvalue weighted by atomic mass is 16.5. The average Bonchev–Trinajstić information content (AvgIpc) is 2.72. The van der Waals surface area contributed by atoms with Crippen LogP contribution in [-0.4, -0.2) is 18.4 Å². The van der Waals surface area contributed by atoms with Crippen LogP contribution in [0.1, 0.15) is 83.9 Å². The summed E-state index contributed by atoms with van der Waals surface area (Å²) in [6.07, 6.45) is 5.85. The molecule has 0 unspecified atom stereocenters. The number of benzene rings is 2. The Labute approximate surface area is 162 Å². The van der Waals surface area contributed by atoms with Crippen molar-refractivity contribution < 1.29 is 14.3 Å². The second kappa shape index (κ2) is 10.7. The number of ether oxygens (including phenoxy) is 1. The van der Waals surface area contributed by atoms with Crippen molar-refractivity contribution in [3.8, 4) is 0 Å². The predicted molar refractivity (Wildman–Crippen MR) is 109 cm³/mol. The maximum Gasteiger partial charge on any atom is 0.338 e. The van der Waals surface area contributed by atoms with E-state index in [0.717, 1.165) is 44.1 Å². The second-order valence-corrected chi connectivity index (χ2v) is 6.72. The highest BCUT2D eigenvalue weighted by Gasteiger charge is 2.21. The van der Waals surface area contributed by atoms with Gasteiger partial charge in [0.1, 0.15) is 0 Å². The fraction of sp³-hybridized carbons (Fsp3) is 0.417. The molecule has 0 atom stereocenters. The molecule has 0 aliphatic rings. The van der Waals surface area contributed by atoms with Crippen molar-refractivity contribution in [2.75, 3.05) is 6.61 Å². The molecule has 0 saturated heterocycles. The molecule has 0 amide bonds. The Morgan fingerprint density at radius 2 is 1.48 bits per heavy atom. The number of unbranched alkanes of at least 4 members (excludes halogenated alkanes) is 3. The minimum atomic E-state index is -0.417. The first-order valence-electron chi connectivity index (χ1n) is 10.1. The van der Waals surface area contributed by atoms with Gasteiger partial charge in [0.25, 0.3) is 0 Å². The van der Waals surface area contributed by atoms with Crippen LogP contribution in [0, 0.1) is 0 Å². The molecule has 0 aliphatic carbocycles. The zero-order valence-corrected chi connectivity index (χ0v) is 16.7. The minimum absolute atomic E-state index is 0.110. The molecule has 0 bridgehead atoms. The van der Waals surface area contributed by atoms with E-state index in [-0.39, 0.29) is 5.78 Å². The van der Waals surface area contributed by atoms with Gasteiger partial charge in [-0.2, -0.15) is 0 Å². The summed E-state index contributed by atoms with van der Waals surface area (Å²) in [4.78, 5) is 25.8. The van der Waals surface area contributed by atoms with Crippen LogP contribution in [0.25, 0.3) is 0 Å². The Bertz CT molecular complexity index is 777. The highest BCUT2D eigenvalue weighted by molar-refractivity contribution is 6.15. The maximum atomic E-state index is 13.2. The number of aryl methyl sites for hydroxylation is 1. The molecule has 144 valence electrons. The van der Waals surface area contributed by atoms with Gasteiger partial charge in [-0.3, -0.25) is 4.79 Å². The Morgan fingerprint density at radius 3 is 2.15 bits per heavy atom. The van der Waals surface area contributed by atoms with E-state index in [1.54, 1.807) is 24.3 Å². The SMILES string of the molecule is CCCCCCOC(=O)c1ccccc1C(=O)c1cccc(CC)c1CC. The molecule has 0 radical (unpaired) electrons. The lowest BCUT2D eigenvalue weighted by Crippen LogP contribution is -2.15. The van der Waals surface area contributed by atoms with Crippen molar-refractivity contribution in [3.63, 3.8) is 0 Å². The first-order valence-corrected chi connectivity index (χ1v) is 10.1. The lowest BCUT2D eigenvalue weighted by atomic mass is 9.90. The molecule has 0 N–H and O–H groups in total. The van der Waals surface area contributed by atoms with Gasteiger partial charge in [0.05, 0.1) is 12.2 Å². The van der Waals surface area contributed by atoms with Crippen LogP contribution in [0.4, 0.5) is 0 Å². The molecule has 0 fully saturated rings. The van der Waals surface area contributed by atoms with Gasteiger partial charge in [0.15, 0.2) is 5.78 Å². The van der Waals surface area contributed by atoms with E-state index >= 15 is 0 Å². The maximum absolute atomic E-state index is 13.2. The van der Waals surface area contributed by atoms with E-state index in [2.05, 4.69) is 26.8 Å². The second-order valence-electron chi connectivity index (χ2n) is 6.72. The van der Waals surface area contributed by atoms with Crippen LogP contribution in [0.3, 0.4) is 0 Å². The number of esters is 1. The van der Waals surface area contributed by atoms with Gasteiger partial charge >= 0.3 is 5.97 Å². The molecular weight excluding hydrogens is 336 g/mol. The minimum Gasteiger partial charge on any atom is -0.462 e. The van der Waals surface area contributed by atoms with E-state index in [1.165, 1.54) is 5.56 Å². The van der Waals surface area contributed by atoms with Gasteiger partial charge in [0.2, 0.25) is 0 Å². The molecule has 0 spiro atoms. The summed E-state index contributed by atoms with van der Waals surface area (Å²) >= 11 is 0. The highest BCUT2D eigenvalue weighted by Crippen LogP contribution is 2.22. The van der Waals surface area contributed by atoms with Gasteiger partial charge in [-0.15, -0.1) is 0 Å². The molecule has 2 aromatic carbocycles. The van der Waals surface area contributed by atoms with E-state index in [9.17, 15) is 9.59 Å². The van der Waals surface area contributed by atoms with Crippen molar-refractivity contribution in [1.29, 1.82) is 0 Å². The van der Waals surface area contributed by atoms with Crippen LogP contribution >= 0.6 is 0 Å². The van der Waals surface area contributed by atoms with Crippen molar-refractivity contribution >= 4 is 11.8 Å². The Morgan fingerprint density at radius 1 is 0.778 bits per heavy atom. The predicted octanol–water partition coefficient (Wildman–Crippen LogP) is 5.78. The number of carbonyl (C=O) groups is 2. The van der Waals surface area contributed by atoms with Gasteiger partial charge in [-0.05, 0) is 36.5 Å². The summed E-state index contributed by atoms with van der Waals surface area (Å²) < 4.78 is 5.41. The van der Waals surface area contributed by atoms with Crippen LogP contribution in [0.2, 0.25) is 0 Å². The van der Waals surface area contributed by atoms with Gasteiger partial charge in [0, 0.05) is 11.1 Å². The molecule has 0 heterocycles. The number of hydrogen-bond acceptors (Lipinski definition) is 3. The largest absolute Gasteiger partial charge is 0.462 e. The molecular formula is C24H30O3. The fourth-order valence-electron chi connectivity index (χ4n) is 3.37. The molecule has 0 saturated carbocycles. The monoisotopic (exact) mass is 366 g/mol. The Kier molecular flexibility index (Phi) is 8.25. The third-order valence-electron chi connectivity index (χ3n) is 4.87. The zero-order chi connectivity index (χ0) is 19.6. The summed E-state index contributed by atoms with van der Waals surface area (Å²) in [5.74, 6) is -0.527. The van der Waals surface area contributed by atoms with Crippen LogP contribution in [-0.2, 0) is 17.6 Å². The van der Waals surface area contributed by atoms with Crippen molar-refractivity contribution in [2.24, 2.45) is 0 Å². The van der Waals surface area contributed by atoms with Crippen LogP contribution in [0.15, 0.2) is 42.5 Å². The first-order chi connectivity index (χ1) is 13.1. The summed E-state index contributed by atoms with van der Waals surface area (Å²) in [6.45, 7) is 6.69. The number of hydrogen-bond donors (Lipinski definition) is 0. The number of ketones is 1. The smallest absolute Gasteiger partial charge is 0.338 e. The quantitative estimate of drug-likeness (QED) is 0.304. The van der Waals surface area contributed by atoms with E-state index in [0.29, 0.717) is 23.3 Å². The summed E-state index contributed by atoms with van der Waals surface area (Å²) in [7, 11) is 0. The average molecular weight is 367 g/mol. The summed E-state index contributed by atoms with van der Waals surface area (Å²) in [5, 5.41) is 0. The molecule has 3 nitrogen and oxygen atoms in total.